The van der Waals surface area contributed by atoms with Crippen LogP contribution < -0.4 is 5.32 Å². The minimum atomic E-state index is 0.116. The molecule has 0 fully saturated rings. The van der Waals surface area contributed by atoms with E-state index in [0.29, 0.717) is 6.47 Å². The van der Waals surface area contributed by atoms with Gasteiger partial charge in [0.2, 0.25) is 0 Å². The highest BCUT2D eigenvalue weighted by Crippen LogP contribution is 2.25. The average molecular weight is 228 g/mol. The van der Waals surface area contributed by atoms with Crippen LogP contribution in [0, 0.1) is 0 Å². The highest BCUT2D eigenvalue weighted by atomic mass is 35.5. The largest absolute Gasteiger partial charge is 0.471 e. The van der Waals surface area contributed by atoms with Crippen molar-refractivity contribution in [3.63, 3.8) is 0 Å². The third-order valence-corrected chi connectivity index (χ3v) is 2.42. The molecule has 1 aliphatic heterocycles. The van der Waals surface area contributed by atoms with Crippen LogP contribution in [0.1, 0.15) is 12.0 Å². The van der Waals surface area contributed by atoms with Gasteiger partial charge in [0, 0.05) is 5.69 Å². The maximum Gasteiger partial charge on any atom is 0.292 e. The van der Waals surface area contributed by atoms with Crippen molar-refractivity contribution in [3.05, 3.63) is 29.8 Å². The number of benzene rings is 1. The molecule has 1 aromatic carbocycles. The van der Waals surface area contributed by atoms with E-state index in [1.807, 2.05) is 6.07 Å². The first-order chi connectivity index (χ1) is 7.27. The summed E-state index contributed by atoms with van der Waals surface area (Å²) in [4.78, 5) is 8.95. The van der Waals surface area contributed by atoms with E-state index in [4.69, 9.17) is 16.4 Å². The highest BCUT2D eigenvalue weighted by Gasteiger charge is 2.13. The summed E-state index contributed by atoms with van der Waals surface area (Å²) >= 11 is 5.93. The molecular formula is C11H14ClNO2. The van der Waals surface area contributed by atoms with Gasteiger partial charge in [0.05, 0.1) is 7.11 Å². The van der Waals surface area contributed by atoms with Crippen molar-refractivity contribution in [1.82, 2.24) is 0 Å². The number of methoxy groups -OCH3 is 1. The van der Waals surface area contributed by atoms with Crippen molar-refractivity contribution in [1.29, 1.82) is 0 Å². The van der Waals surface area contributed by atoms with E-state index in [2.05, 4.69) is 28.3 Å². The zero-order chi connectivity index (χ0) is 11.1. The molecule has 4 heteroatoms. The number of carbonyl (C=O) groups is 1. The number of nitrogens with one attached hydrogen (secondary N) is 1. The normalized spacial score (nSPS) is 17.6. The lowest BCUT2D eigenvalue weighted by atomic mass is 10.0. The number of ether oxygens (including phenoxy) is 1. The van der Waals surface area contributed by atoms with Gasteiger partial charge >= 0.3 is 0 Å². The Morgan fingerprint density at radius 1 is 1.53 bits per heavy atom. The number of aryl methyl sites for hydroxylation is 1. The molecule has 0 spiro atoms. The summed E-state index contributed by atoms with van der Waals surface area (Å²) in [5, 5.41) is 3.23. The fourth-order valence-electron chi connectivity index (χ4n) is 1.40. The molecule has 0 saturated carbocycles. The van der Waals surface area contributed by atoms with Crippen molar-refractivity contribution < 1.29 is 9.53 Å². The Morgan fingerprint density at radius 3 is 2.87 bits per heavy atom. The molecule has 1 N–H and O–H groups in total. The summed E-state index contributed by atoms with van der Waals surface area (Å²) in [6.45, 7) is 0.375. The van der Waals surface area contributed by atoms with E-state index in [-0.39, 0.29) is 5.50 Å². The first kappa shape index (κ1) is 11.9. The Kier molecular flexibility index (Phi) is 4.98. The SMILES string of the molecule is COC=O.ClC1CCc2ccccc2N1. The molecule has 1 unspecified atom stereocenters. The van der Waals surface area contributed by atoms with Crippen molar-refractivity contribution >= 4 is 23.8 Å². The Labute approximate surface area is 94.4 Å². The van der Waals surface area contributed by atoms with E-state index >= 15 is 0 Å². The van der Waals surface area contributed by atoms with E-state index in [1.165, 1.54) is 18.4 Å². The van der Waals surface area contributed by atoms with Gasteiger partial charge < -0.3 is 10.1 Å². The van der Waals surface area contributed by atoms with Crippen LogP contribution in [-0.2, 0) is 16.0 Å². The summed E-state index contributed by atoms with van der Waals surface area (Å²) in [6.07, 6.45) is 2.12. The van der Waals surface area contributed by atoms with Gasteiger partial charge in [-0.15, -0.1) is 0 Å². The second-order valence-corrected chi connectivity index (χ2v) is 3.67. The highest BCUT2D eigenvalue weighted by molar-refractivity contribution is 6.21. The lowest BCUT2D eigenvalue weighted by Crippen LogP contribution is -2.19. The van der Waals surface area contributed by atoms with E-state index in [9.17, 15) is 0 Å². The number of rotatable bonds is 1. The van der Waals surface area contributed by atoms with Crippen LogP contribution in [0.15, 0.2) is 24.3 Å². The van der Waals surface area contributed by atoms with Crippen molar-refractivity contribution in [2.24, 2.45) is 0 Å². The van der Waals surface area contributed by atoms with Gasteiger partial charge in [-0.05, 0) is 24.5 Å². The van der Waals surface area contributed by atoms with Gasteiger partial charge in [0.15, 0.2) is 0 Å². The van der Waals surface area contributed by atoms with E-state index < -0.39 is 0 Å². The molecule has 1 aliphatic rings. The molecule has 0 aromatic heterocycles. The molecule has 0 amide bonds. The number of carbonyl (C=O) groups excluding carboxylic acids is 1. The molecule has 0 bridgehead atoms. The molecule has 3 nitrogen and oxygen atoms in total. The number of hydrogen-bond donors (Lipinski definition) is 1. The Bertz CT molecular complexity index is 317. The molecule has 0 radical (unpaired) electrons. The minimum Gasteiger partial charge on any atom is -0.471 e. The van der Waals surface area contributed by atoms with Crippen LogP contribution in [0.5, 0.6) is 0 Å². The van der Waals surface area contributed by atoms with Crippen LogP contribution in [0.4, 0.5) is 5.69 Å². The van der Waals surface area contributed by atoms with Gasteiger partial charge in [-0.1, -0.05) is 29.8 Å². The maximum atomic E-state index is 8.95. The molecular weight excluding hydrogens is 214 g/mol. The minimum absolute atomic E-state index is 0.116. The molecule has 82 valence electrons. The van der Waals surface area contributed by atoms with E-state index in [1.54, 1.807) is 0 Å². The topological polar surface area (TPSA) is 38.3 Å². The number of hydrogen-bond acceptors (Lipinski definition) is 3. The summed E-state index contributed by atoms with van der Waals surface area (Å²) in [6, 6.07) is 8.31. The monoisotopic (exact) mass is 227 g/mol. The standard InChI is InChI=1S/C9H10ClN.C2H4O2/c10-9-6-5-7-3-1-2-4-8(7)11-9;1-4-2-3/h1-4,9,11H,5-6H2;2H,1H3. The summed E-state index contributed by atoms with van der Waals surface area (Å²) in [5.41, 5.74) is 2.69. The van der Waals surface area contributed by atoms with Crippen molar-refractivity contribution in [2.75, 3.05) is 12.4 Å². The average Bonchev–Trinajstić information content (AvgIpc) is 2.29. The Balaban J connectivity index is 0.000000245. The Morgan fingerprint density at radius 2 is 2.20 bits per heavy atom. The van der Waals surface area contributed by atoms with E-state index in [0.717, 1.165) is 12.8 Å². The fraction of sp³-hybridized carbons (Fsp3) is 0.364. The van der Waals surface area contributed by atoms with Crippen LogP contribution in [0.25, 0.3) is 0 Å². The zero-order valence-electron chi connectivity index (χ0n) is 8.57. The van der Waals surface area contributed by atoms with Gasteiger partial charge in [0.25, 0.3) is 6.47 Å². The van der Waals surface area contributed by atoms with Crippen molar-refractivity contribution in [3.8, 4) is 0 Å². The summed E-state index contributed by atoms with van der Waals surface area (Å²) in [5.74, 6) is 0. The number of alkyl halides is 1. The molecule has 1 atom stereocenters. The molecule has 2 rings (SSSR count). The third kappa shape index (κ3) is 3.80. The van der Waals surface area contributed by atoms with Crippen LogP contribution in [0.3, 0.4) is 0 Å². The number of halogens is 1. The quantitative estimate of drug-likeness (QED) is 0.455. The Hall–Kier alpha value is -1.22. The zero-order valence-corrected chi connectivity index (χ0v) is 9.33. The lowest BCUT2D eigenvalue weighted by molar-refractivity contribution is -0.126. The fourth-order valence-corrected chi connectivity index (χ4v) is 1.63. The molecule has 1 aromatic rings. The first-order valence-electron chi connectivity index (χ1n) is 4.73. The third-order valence-electron chi connectivity index (χ3n) is 2.09. The number of para-hydroxylation sites is 1. The lowest BCUT2D eigenvalue weighted by Gasteiger charge is -2.21. The maximum absolute atomic E-state index is 8.95. The van der Waals surface area contributed by atoms with Gasteiger partial charge in [0.1, 0.15) is 5.50 Å². The van der Waals surface area contributed by atoms with Gasteiger partial charge in [-0.25, -0.2) is 0 Å². The smallest absolute Gasteiger partial charge is 0.292 e. The van der Waals surface area contributed by atoms with Crippen LogP contribution in [0.2, 0.25) is 0 Å². The number of fused-ring (bicyclic) bond motifs is 1. The van der Waals surface area contributed by atoms with Crippen molar-refractivity contribution in [2.45, 2.75) is 18.3 Å². The molecule has 0 aliphatic carbocycles. The molecule has 15 heavy (non-hydrogen) atoms. The number of anilines is 1. The van der Waals surface area contributed by atoms with Crippen LogP contribution >= 0.6 is 11.6 Å². The molecule has 0 saturated heterocycles. The summed E-state index contributed by atoms with van der Waals surface area (Å²) in [7, 11) is 1.31. The summed E-state index contributed by atoms with van der Waals surface area (Å²) < 4.78 is 3.86. The predicted octanol–water partition coefficient (Wildman–Crippen LogP) is 2.40. The second-order valence-electron chi connectivity index (χ2n) is 3.14. The predicted molar refractivity (Wildman–Crippen MR) is 61.1 cm³/mol. The first-order valence-corrected chi connectivity index (χ1v) is 5.16. The van der Waals surface area contributed by atoms with Gasteiger partial charge in [-0.2, -0.15) is 0 Å². The van der Waals surface area contributed by atoms with Crippen LogP contribution in [-0.4, -0.2) is 19.1 Å². The second kappa shape index (κ2) is 6.30. The molecule has 1 heterocycles. The van der Waals surface area contributed by atoms with Gasteiger partial charge in [-0.3, -0.25) is 4.79 Å².